The molecule has 1 fully saturated rings. The van der Waals surface area contributed by atoms with Crippen molar-refractivity contribution in [3.63, 3.8) is 0 Å². The number of rotatable bonds is 6. The van der Waals surface area contributed by atoms with Crippen LogP contribution in [0.15, 0.2) is 60.8 Å². The highest BCUT2D eigenvalue weighted by Crippen LogP contribution is 2.35. The number of nitrogens with one attached hydrogen (secondary N) is 2. The highest BCUT2D eigenvalue weighted by molar-refractivity contribution is 7.71. The zero-order valence-corrected chi connectivity index (χ0v) is 17.9. The Morgan fingerprint density at radius 2 is 1.90 bits per heavy atom. The van der Waals surface area contributed by atoms with Crippen molar-refractivity contribution >= 4 is 18.1 Å². The molecule has 5 rings (SSSR count). The molecule has 0 saturated heterocycles. The van der Waals surface area contributed by atoms with E-state index in [2.05, 4.69) is 15.5 Å². The molecule has 1 aliphatic carbocycles. The van der Waals surface area contributed by atoms with Crippen LogP contribution >= 0.6 is 12.2 Å². The number of benzene rings is 2. The Hall–Kier alpha value is -3.52. The molecule has 1 aliphatic rings. The van der Waals surface area contributed by atoms with Gasteiger partial charge in [-0.3, -0.25) is 14.5 Å². The minimum absolute atomic E-state index is 0.200. The molecule has 4 aromatic rings. The van der Waals surface area contributed by atoms with Gasteiger partial charge in [0.2, 0.25) is 0 Å². The summed E-state index contributed by atoms with van der Waals surface area (Å²) in [5.74, 6) is 0.543. The third-order valence-corrected chi connectivity index (χ3v) is 5.69. The number of aryl methyl sites for hydroxylation is 1. The number of H-pyrrole nitrogens is 1. The molecule has 0 unspecified atom stereocenters. The largest absolute Gasteiger partial charge is 0.345 e. The molecule has 2 aromatic carbocycles. The fourth-order valence-electron chi connectivity index (χ4n) is 3.60. The van der Waals surface area contributed by atoms with E-state index in [1.807, 2.05) is 66.1 Å². The van der Waals surface area contributed by atoms with Crippen molar-refractivity contribution in [2.45, 2.75) is 32.4 Å². The highest BCUT2D eigenvalue weighted by atomic mass is 32.1. The second-order valence-electron chi connectivity index (χ2n) is 7.77. The third kappa shape index (κ3) is 3.94. The highest BCUT2D eigenvalue weighted by Gasteiger charge is 2.27. The van der Waals surface area contributed by atoms with Crippen molar-refractivity contribution in [1.29, 1.82) is 0 Å². The average Bonchev–Trinajstić information content (AvgIpc) is 3.41. The zero-order valence-electron chi connectivity index (χ0n) is 17.1. The molecule has 31 heavy (non-hydrogen) atoms. The molecule has 1 amide bonds. The summed E-state index contributed by atoms with van der Waals surface area (Å²) in [6.45, 7) is 2.34. The Morgan fingerprint density at radius 1 is 1.16 bits per heavy atom. The summed E-state index contributed by atoms with van der Waals surface area (Å²) >= 11 is 5.33. The van der Waals surface area contributed by atoms with E-state index in [0.717, 1.165) is 29.9 Å². The Balaban J connectivity index is 1.46. The van der Waals surface area contributed by atoms with E-state index >= 15 is 0 Å². The molecule has 2 aromatic heterocycles. The minimum atomic E-state index is -0.200. The topological polar surface area (TPSA) is 80.5 Å². The maximum atomic E-state index is 13.2. The van der Waals surface area contributed by atoms with Gasteiger partial charge in [-0.05, 0) is 44.1 Å². The number of carbonyl (C=O) groups excluding carboxylic acids is 1. The number of aromatic amines is 1. The van der Waals surface area contributed by atoms with E-state index in [0.29, 0.717) is 28.6 Å². The molecule has 1 saturated carbocycles. The Labute approximate surface area is 184 Å². The standard InChI is InChI=1S/C23H22N6OS/c1-15-7-9-17(10-8-15)28-14-19(21(27-28)16-5-3-2-4-6-16)22(30)24-13-20-25-26-23(31)29(20)18-11-12-18/h2-10,14,18H,11-13H2,1H3,(H,24,30)(H,26,31). The van der Waals surface area contributed by atoms with Crippen molar-refractivity contribution in [3.8, 4) is 16.9 Å². The number of carbonyl (C=O) groups is 1. The number of amides is 1. The smallest absolute Gasteiger partial charge is 0.255 e. The van der Waals surface area contributed by atoms with Crippen LogP contribution in [0.3, 0.4) is 0 Å². The third-order valence-electron chi connectivity index (χ3n) is 5.40. The molecule has 0 spiro atoms. The molecule has 2 N–H and O–H groups in total. The molecule has 7 nitrogen and oxygen atoms in total. The lowest BCUT2D eigenvalue weighted by atomic mass is 10.1. The first-order valence-electron chi connectivity index (χ1n) is 10.3. The van der Waals surface area contributed by atoms with Crippen LogP contribution in [-0.2, 0) is 6.54 Å². The van der Waals surface area contributed by atoms with Gasteiger partial charge in [-0.1, -0.05) is 48.0 Å². The maximum absolute atomic E-state index is 13.2. The molecule has 0 aliphatic heterocycles. The van der Waals surface area contributed by atoms with Crippen molar-refractivity contribution in [3.05, 3.63) is 82.5 Å². The van der Waals surface area contributed by atoms with E-state index in [4.69, 9.17) is 17.3 Å². The zero-order chi connectivity index (χ0) is 21.4. The number of hydrogen-bond acceptors (Lipinski definition) is 4. The molecule has 8 heteroatoms. The summed E-state index contributed by atoms with van der Waals surface area (Å²) in [5, 5.41) is 14.9. The van der Waals surface area contributed by atoms with Crippen LogP contribution in [0.25, 0.3) is 16.9 Å². The van der Waals surface area contributed by atoms with Gasteiger partial charge < -0.3 is 5.32 Å². The van der Waals surface area contributed by atoms with E-state index in [9.17, 15) is 4.79 Å². The van der Waals surface area contributed by atoms with Gasteiger partial charge in [0.15, 0.2) is 10.6 Å². The molecule has 2 heterocycles. The van der Waals surface area contributed by atoms with E-state index in [-0.39, 0.29) is 5.91 Å². The first kappa shape index (κ1) is 19.4. The van der Waals surface area contributed by atoms with Crippen LogP contribution in [-0.4, -0.2) is 30.5 Å². The molecular weight excluding hydrogens is 408 g/mol. The molecule has 0 atom stereocenters. The lowest BCUT2D eigenvalue weighted by Gasteiger charge is -2.07. The van der Waals surface area contributed by atoms with E-state index < -0.39 is 0 Å². The number of nitrogens with zero attached hydrogens (tertiary/aromatic N) is 4. The summed E-state index contributed by atoms with van der Waals surface area (Å²) in [5.41, 5.74) is 4.11. The van der Waals surface area contributed by atoms with Gasteiger partial charge in [0.05, 0.1) is 17.8 Å². The van der Waals surface area contributed by atoms with Crippen molar-refractivity contribution in [2.24, 2.45) is 0 Å². The van der Waals surface area contributed by atoms with Crippen LogP contribution in [0, 0.1) is 11.7 Å². The predicted molar refractivity (Wildman–Crippen MR) is 121 cm³/mol. The van der Waals surface area contributed by atoms with Crippen LogP contribution in [0.1, 0.15) is 40.6 Å². The van der Waals surface area contributed by atoms with Gasteiger partial charge in [-0.25, -0.2) is 4.68 Å². The van der Waals surface area contributed by atoms with Crippen LogP contribution in [0.5, 0.6) is 0 Å². The monoisotopic (exact) mass is 430 g/mol. The first-order chi connectivity index (χ1) is 15.1. The van der Waals surface area contributed by atoms with Gasteiger partial charge in [0.1, 0.15) is 5.69 Å². The van der Waals surface area contributed by atoms with Gasteiger partial charge >= 0.3 is 0 Å². The van der Waals surface area contributed by atoms with Crippen LogP contribution in [0.4, 0.5) is 0 Å². The second-order valence-corrected chi connectivity index (χ2v) is 8.15. The van der Waals surface area contributed by atoms with Gasteiger partial charge in [-0.2, -0.15) is 10.2 Å². The second kappa shape index (κ2) is 7.96. The maximum Gasteiger partial charge on any atom is 0.255 e. The van der Waals surface area contributed by atoms with Crippen molar-refractivity contribution in [2.75, 3.05) is 0 Å². The molecule has 0 radical (unpaired) electrons. The van der Waals surface area contributed by atoms with Gasteiger partial charge in [0.25, 0.3) is 5.91 Å². The SMILES string of the molecule is Cc1ccc(-n2cc(C(=O)NCc3n[nH]c(=S)n3C3CC3)c(-c3ccccc3)n2)cc1. The lowest BCUT2D eigenvalue weighted by molar-refractivity contribution is 0.0950. The summed E-state index contributed by atoms with van der Waals surface area (Å²) < 4.78 is 4.35. The molecular formula is C23H22N6OS. The first-order valence-corrected chi connectivity index (χ1v) is 10.7. The summed E-state index contributed by atoms with van der Waals surface area (Å²) in [6, 6.07) is 18.2. The number of aromatic nitrogens is 5. The van der Waals surface area contributed by atoms with E-state index in [1.165, 1.54) is 5.56 Å². The van der Waals surface area contributed by atoms with Gasteiger partial charge in [-0.15, -0.1) is 0 Å². The normalized spacial score (nSPS) is 13.3. The van der Waals surface area contributed by atoms with Crippen LogP contribution in [0.2, 0.25) is 0 Å². The summed E-state index contributed by atoms with van der Waals surface area (Å²) in [4.78, 5) is 13.2. The molecule has 156 valence electrons. The van der Waals surface area contributed by atoms with Gasteiger partial charge in [0, 0.05) is 17.8 Å². The molecule has 0 bridgehead atoms. The predicted octanol–water partition coefficient (Wildman–Crippen LogP) is 4.37. The average molecular weight is 431 g/mol. The quantitative estimate of drug-likeness (QED) is 0.445. The van der Waals surface area contributed by atoms with Crippen LogP contribution < -0.4 is 5.32 Å². The Kier molecular flexibility index (Phi) is 4.99. The summed E-state index contributed by atoms with van der Waals surface area (Å²) in [7, 11) is 0. The fraction of sp³-hybridized carbons (Fsp3) is 0.217. The Morgan fingerprint density at radius 3 is 2.61 bits per heavy atom. The van der Waals surface area contributed by atoms with Crippen molar-refractivity contribution in [1.82, 2.24) is 29.9 Å². The Bertz CT molecular complexity index is 1280. The van der Waals surface area contributed by atoms with Crippen molar-refractivity contribution < 1.29 is 4.79 Å². The minimum Gasteiger partial charge on any atom is -0.345 e. The fourth-order valence-corrected chi connectivity index (χ4v) is 3.91. The van der Waals surface area contributed by atoms with E-state index in [1.54, 1.807) is 10.9 Å². The number of hydrogen-bond donors (Lipinski definition) is 2. The summed E-state index contributed by atoms with van der Waals surface area (Å²) in [6.07, 6.45) is 3.97. The lowest BCUT2D eigenvalue weighted by Crippen LogP contribution is -2.25.